The molecule has 0 spiro atoms. The van der Waals surface area contributed by atoms with Gasteiger partial charge in [-0.15, -0.1) is 0 Å². The van der Waals surface area contributed by atoms with E-state index in [0.717, 1.165) is 11.5 Å². The van der Waals surface area contributed by atoms with Crippen molar-refractivity contribution >= 4 is 0 Å². The molecule has 1 aliphatic rings. The molecule has 0 bridgehead atoms. The molecule has 1 fully saturated rings. The summed E-state index contributed by atoms with van der Waals surface area (Å²) in [5.74, 6) is 0.691. The first-order valence-corrected chi connectivity index (χ1v) is 5.72. The van der Waals surface area contributed by atoms with Crippen LogP contribution in [0, 0.1) is 11.7 Å². The second-order valence-corrected chi connectivity index (χ2v) is 4.45. The van der Waals surface area contributed by atoms with Crippen molar-refractivity contribution in [2.75, 3.05) is 0 Å². The molecule has 1 saturated carbocycles. The molecule has 1 aliphatic carbocycles. The van der Waals surface area contributed by atoms with Gasteiger partial charge in [-0.05, 0) is 37.0 Å². The molecule has 82 valence electrons. The van der Waals surface area contributed by atoms with Gasteiger partial charge < -0.3 is 5.32 Å². The van der Waals surface area contributed by atoms with Gasteiger partial charge in [0.25, 0.3) is 0 Å². The smallest absolute Gasteiger partial charge is 0.123 e. The first kappa shape index (κ1) is 10.6. The molecule has 3 atom stereocenters. The summed E-state index contributed by atoms with van der Waals surface area (Å²) in [6.45, 7) is 4.37. The van der Waals surface area contributed by atoms with Gasteiger partial charge in [-0.25, -0.2) is 4.39 Å². The maximum Gasteiger partial charge on any atom is 0.123 e. The molecule has 0 amide bonds. The van der Waals surface area contributed by atoms with Gasteiger partial charge in [0.15, 0.2) is 0 Å². The average Bonchev–Trinajstić information content (AvgIpc) is 2.97. The van der Waals surface area contributed by atoms with Crippen LogP contribution in [0.4, 0.5) is 4.39 Å². The van der Waals surface area contributed by atoms with Crippen LogP contribution in [0.25, 0.3) is 0 Å². The zero-order chi connectivity index (χ0) is 10.8. The molecule has 1 N–H and O–H groups in total. The summed E-state index contributed by atoms with van der Waals surface area (Å²) in [7, 11) is 0. The van der Waals surface area contributed by atoms with Gasteiger partial charge in [-0.1, -0.05) is 25.5 Å². The number of rotatable bonds is 4. The highest BCUT2D eigenvalue weighted by Crippen LogP contribution is 2.35. The quantitative estimate of drug-likeness (QED) is 0.799. The number of benzene rings is 1. The van der Waals surface area contributed by atoms with Crippen molar-refractivity contribution in [3.8, 4) is 0 Å². The van der Waals surface area contributed by atoms with E-state index in [9.17, 15) is 4.39 Å². The van der Waals surface area contributed by atoms with Gasteiger partial charge in [-0.3, -0.25) is 0 Å². The van der Waals surface area contributed by atoms with Crippen molar-refractivity contribution in [3.05, 3.63) is 35.6 Å². The normalized spacial score (nSPS) is 26.3. The standard InChI is InChI=1S/C13H18FN/c1-3-10-8-13(10)15-9(2)11-4-6-12(14)7-5-11/h4-7,9-10,13,15H,3,8H2,1-2H3. The van der Waals surface area contributed by atoms with Crippen LogP contribution in [0.1, 0.15) is 38.3 Å². The molecule has 0 heterocycles. The minimum Gasteiger partial charge on any atom is -0.307 e. The van der Waals surface area contributed by atoms with Gasteiger partial charge in [0, 0.05) is 12.1 Å². The SMILES string of the molecule is CCC1CC1NC(C)c1ccc(F)cc1. The Morgan fingerprint density at radius 1 is 1.40 bits per heavy atom. The second-order valence-electron chi connectivity index (χ2n) is 4.45. The van der Waals surface area contributed by atoms with Crippen LogP contribution in [0.3, 0.4) is 0 Å². The Hall–Kier alpha value is -0.890. The van der Waals surface area contributed by atoms with E-state index in [4.69, 9.17) is 0 Å². The van der Waals surface area contributed by atoms with Crippen LogP contribution >= 0.6 is 0 Å². The number of halogens is 1. The molecule has 15 heavy (non-hydrogen) atoms. The van der Waals surface area contributed by atoms with Crippen molar-refractivity contribution in [2.45, 2.75) is 38.8 Å². The third-order valence-corrected chi connectivity index (χ3v) is 3.28. The molecule has 1 nitrogen and oxygen atoms in total. The fourth-order valence-electron chi connectivity index (χ4n) is 2.07. The molecule has 0 aliphatic heterocycles. The van der Waals surface area contributed by atoms with Gasteiger partial charge in [0.05, 0.1) is 0 Å². The number of hydrogen-bond acceptors (Lipinski definition) is 1. The summed E-state index contributed by atoms with van der Waals surface area (Å²) in [5, 5.41) is 3.57. The van der Waals surface area contributed by atoms with Crippen LogP contribution in [0.15, 0.2) is 24.3 Å². The van der Waals surface area contributed by atoms with E-state index < -0.39 is 0 Å². The average molecular weight is 207 g/mol. The van der Waals surface area contributed by atoms with Crippen LogP contribution in [-0.2, 0) is 0 Å². The van der Waals surface area contributed by atoms with Crippen LogP contribution in [0.2, 0.25) is 0 Å². The fraction of sp³-hybridized carbons (Fsp3) is 0.538. The van der Waals surface area contributed by atoms with E-state index in [-0.39, 0.29) is 5.82 Å². The van der Waals surface area contributed by atoms with Gasteiger partial charge >= 0.3 is 0 Å². The summed E-state index contributed by atoms with van der Waals surface area (Å²) in [5.41, 5.74) is 1.16. The highest BCUT2D eigenvalue weighted by atomic mass is 19.1. The maximum absolute atomic E-state index is 12.7. The summed E-state index contributed by atoms with van der Waals surface area (Å²) < 4.78 is 12.7. The summed E-state index contributed by atoms with van der Waals surface area (Å²) in [4.78, 5) is 0. The molecule has 0 radical (unpaired) electrons. The zero-order valence-corrected chi connectivity index (χ0v) is 9.33. The first-order chi connectivity index (χ1) is 7.20. The second kappa shape index (κ2) is 4.31. The molecular weight excluding hydrogens is 189 g/mol. The summed E-state index contributed by atoms with van der Waals surface area (Å²) in [6, 6.07) is 7.77. The predicted molar refractivity (Wildman–Crippen MR) is 60.1 cm³/mol. The topological polar surface area (TPSA) is 12.0 Å². The minimum absolute atomic E-state index is 0.163. The van der Waals surface area contributed by atoms with E-state index in [0.29, 0.717) is 12.1 Å². The lowest BCUT2D eigenvalue weighted by Gasteiger charge is -2.14. The predicted octanol–water partition coefficient (Wildman–Crippen LogP) is 3.27. The van der Waals surface area contributed by atoms with Crippen molar-refractivity contribution in [1.82, 2.24) is 5.32 Å². The third-order valence-electron chi connectivity index (χ3n) is 3.28. The zero-order valence-electron chi connectivity index (χ0n) is 9.33. The monoisotopic (exact) mass is 207 g/mol. The van der Waals surface area contributed by atoms with Crippen molar-refractivity contribution in [2.24, 2.45) is 5.92 Å². The van der Waals surface area contributed by atoms with Gasteiger partial charge in [0.1, 0.15) is 5.82 Å². The van der Waals surface area contributed by atoms with E-state index in [1.807, 2.05) is 12.1 Å². The van der Waals surface area contributed by atoms with Crippen LogP contribution < -0.4 is 5.32 Å². The molecule has 0 aromatic heterocycles. The number of nitrogens with one attached hydrogen (secondary N) is 1. The van der Waals surface area contributed by atoms with Crippen molar-refractivity contribution in [1.29, 1.82) is 0 Å². The fourth-order valence-corrected chi connectivity index (χ4v) is 2.07. The molecular formula is C13H18FN. The Kier molecular flexibility index (Phi) is 3.06. The molecule has 3 unspecified atom stereocenters. The Morgan fingerprint density at radius 3 is 2.60 bits per heavy atom. The van der Waals surface area contributed by atoms with E-state index in [2.05, 4.69) is 19.2 Å². The molecule has 1 aromatic carbocycles. The molecule has 0 saturated heterocycles. The Balaban J connectivity index is 1.91. The third kappa shape index (κ3) is 2.57. The van der Waals surface area contributed by atoms with Crippen LogP contribution in [0.5, 0.6) is 0 Å². The highest BCUT2D eigenvalue weighted by Gasteiger charge is 2.35. The lowest BCUT2D eigenvalue weighted by atomic mass is 10.1. The van der Waals surface area contributed by atoms with Crippen LogP contribution in [-0.4, -0.2) is 6.04 Å². The van der Waals surface area contributed by atoms with E-state index >= 15 is 0 Å². The Bertz CT molecular complexity index is 320. The maximum atomic E-state index is 12.7. The highest BCUT2D eigenvalue weighted by molar-refractivity contribution is 5.19. The largest absolute Gasteiger partial charge is 0.307 e. The summed E-state index contributed by atoms with van der Waals surface area (Å²) >= 11 is 0. The molecule has 2 heteroatoms. The summed E-state index contributed by atoms with van der Waals surface area (Å²) in [6.07, 6.45) is 2.55. The molecule has 1 aromatic rings. The van der Waals surface area contributed by atoms with Gasteiger partial charge in [-0.2, -0.15) is 0 Å². The van der Waals surface area contributed by atoms with Gasteiger partial charge in [0.2, 0.25) is 0 Å². The van der Waals surface area contributed by atoms with E-state index in [1.165, 1.54) is 25.0 Å². The van der Waals surface area contributed by atoms with Crippen molar-refractivity contribution < 1.29 is 4.39 Å². The minimum atomic E-state index is -0.163. The molecule has 2 rings (SSSR count). The van der Waals surface area contributed by atoms with E-state index in [1.54, 1.807) is 0 Å². The Morgan fingerprint density at radius 2 is 2.07 bits per heavy atom. The lowest BCUT2D eigenvalue weighted by molar-refractivity contribution is 0.537. The van der Waals surface area contributed by atoms with Crippen molar-refractivity contribution in [3.63, 3.8) is 0 Å². The number of hydrogen-bond donors (Lipinski definition) is 1. The lowest BCUT2D eigenvalue weighted by Crippen LogP contribution is -2.22. The Labute approximate surface area is 90.7 Å². The first-order valence-electron chi connectivity index (χ1n) is 5.72.